The molecule has 0 unspecified atom stereocenters. The van der Waals surface area contributed by atoms with Crippen LogP contribution in [0, 0.1) is 0 Å². The van der Waals surface area contributed by atoms with E-state index in [1.54, 1.807) is 7.11 Å². The number of nitrogens with zero attached hydrogens (tertiary/aromatic N) is 1. The van der Waals surface area contributed by atoms with Crippen LogP contribution in [0.25, 0.3) is 0 Å². The van der Waals surface area contributed by atoms with Crippen LogP contribution in [-0.2, 0) is 4.74 Å². The Morgan fingerprint density at radius 1 is 0.882 bits per heavy atom. The molecule has 0 bridgehead atoms. The molecule has 3 nitrogen and oxygen atoms in total. The first-order chi connectivity index (χ1) is 8.14. The molecule has 0 saturated carbocycles. The van der Waals surface area contributed by atoms with E-state index < -0.39 is 0 Å². The zero-order valence-electron chi connectivity index (χ0n) is 14.1. The molecule has 0 radical (unpaired) electrons. The summed E-state index contributed by atoms with van der Waals surface area (Å²) >= 11 is 0. The Kier molecular flexibility index (Phi) is 100. The van der Waals surface area contributed by atoms with Crippen molar-refractivity contribution in [1.29, 1.82) is 0 Å². The Morgan fingerprint density at radius 3 is 1.06 bits per heavy atom. The zero-order valence-corrected chi connectivity index (χ0v) is 14.1. The third-order valence-corrected chi connectivity index (χ3v) is 1.37. The summed E-state index contributed by atoms with van der Waals surface area (Å²) in [5, 5.41) is 7.00. The predicted molar refractivity (Wildman–Crippen MR) is 81.9 cm³/mol. The Bertz CT molecular complexity index is 56.2. The summed E-state index contributed by atoms with van der Waals surface area (Å²) in [6.45, 7) is 17.7. The van der Waals surface area contributed by atoms with E-state index in [0.29, 0.717) is 0 Å². The average Bonchev–Trinajstić information content (AvgIpc) is 2.43. The van der Waals surface area contributed by atoms with Gasteiger partial charge in [0.25, 0.3) is 0 Å². The molecule has 1 N–H and O–H groups in total. The molecule has 0 aliphatic carbocycles. The maximum Gasteiger partial charge on any atom is 0.0433 e. The summed E-state index contributed by atoms with van der Waals surface area (Å²) in [5.41, 5.74) is 0. The molecule has 0 atom stereocenters. The van der Waals surface area contributed by atoms with Gasteiger partial charge in [-0.3, -0.25) is 0 Å². The van der Waals surface area contributed by atoms with Gasteiger partial charge in [-0.15, -0.1) is 0 Å². The second-order valence-electron chi connectivity index (χ2n) is 2.77. The van der Waals surface area contributed by atoms with Crippen molar-refractivity contribution in [2.45, 2.75) is 54.9 Å². The molecule has 0 aromatic heterocycles. The first-order valence-corrected chi connectivity index (χ1v) is 6.76. The van der Waals surface area contributed by atoms with Crippen molar-refractivity contribution < 1.29 is 9.84 Å². The maximum absolute atomic E-state index is 7.00. The SMILES string of the molecule is CC.CCC.CCN(C)CC.CCOC.CO. The summed E-state index contributed by atoms with van der Waals surface area (Å²) in [7, 11) is 4.79. The molecule has 0 fully saturated rings. The molecule has 17 heavy (non-hydrogen) atoms. The van der Waals surface area contributed by atoms with Crippen molar-refractivity contribution in [3.05, 3.63) is 0 Å². The summed E-state index contributed by atoms with van der Waals surface area (Å²) in [5.74, 6) is 0. The van der Waals surface area contributed by atoms with Crippen LogP contribution >= 0.6 is 0 Å². The van der Waals surface area contributed by atoms with Gasteiger partial charge < -0.3 is 14.7 Å². The van der Waals surface area contributed by atoms with Gasteiger partial charge in [-0.1, -0.05) is 48.0 Å². The van der Waals surface area contributed by atoms with Crippen LogP contribution in [0.1, 0.15) is 54.9 Å². The molecule has 0 aliphatic heterocycles. The third-order valence-electron chi connectivity index (χ3n) is 1.37. The lowest BCUT2D eigenvalue weighted by molar-refractivity contribution is 0.215. The van der Waals surface area contributed by atoms with Crippen LogP contribution in [0.15, 0.2) is 0 Å². The Morgan fingerprint density at radius 2 is 1.06 bits per heavy atom. The van der Waals surface area contributed by atoms with Crippen molar-refractivity contribution in [3.8, 4) is 0 Å². The first-order valence-electron chi connectivity index (χ1n) is 6.76. The highest BCUT2D eigenvalue weighted by Crippen LogP contribution is 1.73. The highest BCUT2D eigenvalue weighted by atomic mass is 16.5. The van der Waals surface area contributed by atoms with Crippen LogP contribution in [0.2, 0.25) is 0 Å². The predicted octanol–water partition coefficient (Wildman–Crippen LogP) is 3.66. The lowest BCUT2D eigenvalue weighted by Gasteiger charge is -2.07. The van der Waals surface area contributed by atoms with Crippen LogP contribution in [0.4, 0.5) is 0 Å². The number of aliphatic hydroxyl groups is 1. The fraction of sp³-hybridized carbons (Fsp3) is 1.00. The fourth-order valence-electron chi connectivity index (χ4n) is 0.224. The van der Waals surface area contributed by atoms with Gasteiger partial charge in [-0.05, 0) is 27.1 Å². The Labute approximate surface area is 111 Å². The van der Waals surface area contributed by atoms with E-state index in [1.807, 2.05) is 20.8 Å². The first kappa shape index (κ1) is 30.2. The Balaban J connectivity index is -0.0000000385. The van der Waals surface area contributed by atoms with E-state index in [4.69, 9.17) is 5.11 Å². The molecule has 0 heterocycles. The highest BCUT2D eigenvalue weighted by Gasteiger charge is 1.81. The molecule has 112 valence electrons. The molecule has 0 spiro atoms. The molecular weight excluding hydrogens is 214 g/mol. The summed E-state index contributed by atoms with van der Waals surface area (Å²) in [4.78, 5) is 2.25. The number of ether oxygens (including phenoxy) is 1. The number of hydrogen-bond acceptors (Lipinski definition) is 3. The van der Waals surface area contributed by atoms with Crippen molar-refractivity contribution in [2.24, 2.45) is 0 Å². The zero-order chi connectivity index (χ0) is 15.1. The van der Waals surface area contributed by atoms with Crippen LogP contribution in [0.3, 0.4) is 0 Å². The summed E-state index contributed by atoms with van der Waals surface area (Å²) in [6.07, 6.45) is 1.25. The third kappa shape index (κ3) is 128. The number of aliphatic hydroxyl groups excluding tert-OH is 1. The van der Waals surface area contributed by atoms with Gasteiger partial charge in [0.05, 0.1) is 0 Å². The standard InChI is InChI=1S/C5H13N.C3H8O.C3H8.C2H6.CH4O/c1-4-6(3)5-2;1-3-4-2;1-3-2;2*1-2/h4-5H2,1-3H3;3H2,1-2H3;3H2,1-2H3;1-2H3;2H,1H3. The van der Waals surface area contributed by atoms with Gasteiger partial charge in [0.2, 0.25) is 0 Å². The second kappa shape index (κ2) is 56.6. The van der Waals surface area contributed by atoms with Crippen molar-refractivity contribution >= 4 is 0 Å². The van der Waals surface area contributed by atoms with Gasteiger partial charge in [0.15, 0.2) is 0 Å². The lowest BCUT2D eigenvalue weighted by Crippen LogP contribution is -2.15. The normalized spacial score (nSPS) is 7.06. The molecule has 0 aromatic rings. The quantitative estimate of drug-likeness (QED) is 0.833. The van der Waals surface area contributed by atoms with Crippen molar-refractivity contribution in [3.63, 3.8) is 0 Å². The molecule has 0 aliphatic rings. The molecular formula is C14H39NO2. The van der Waals surface area contributed by atoms with E-state index in [-0.39, 0.29) is 0 Å². The van der Waals surface area contributed by atoms with E-state index in [1.165, 1.54) is 6.42 Å². The molecule has 0 amide bonds. The van der Waals surface area contributed by atoms with Gasteiger partial charge in [-0.2, -0.15) is 0 Å². The van der Waals surface area contributed by atoms with E-state index in [0.717, 1.165) is 26.8 Å². The van der Waals surface area contributed by atoms with E-state index in [9.17, 15) is 0 Å². The summed E-state index contributed by atoms with van der Waals surface area (Å²) in [6, 6.07) is 0. The smallest absolute Gasteiger partial charge is 0.0433 e. The minimum atomic E-state index is 0.819. The molecule has 3 heteroatoms. The Hall–Kier alpha value is -0.120. The maximum atomic E-state index is 7.00. The minimum Gasteiger partial charge on any atom is -0.400 e. The van der Waals surface area contributed by atoms with Crippen molar-refractivity contribution in [1.82, 2.24) is 4.90 Å². The van der Waals surface area contributed by atoms with Crippen LogP contribution < -0.4 is 0 Å². The highest BCUT2D eigenvalue weighted by molar-refractivity contribution is 4.36. The van der Waals surface area contributed by atoms with Crippen LogP contribution in [0.5, 0.6) is 0 Å². The largest absolute Gasteiger partial charge is 0.400 e. The fourth-order valence-corrected chi connectivity index (χ4v) is 0.224. The van der Waals surface area contributed by atoms with Crippen molar-refractivity contribution in [2.75, 3.05) is 41.0 Å². The molecule has 0 saturated heterocycles. The molecule has 0 rings (SSSR count). The van der Waals surface area contributed by atoms with E-state index in [2.05, 4.69) is 44.4 Å². The van der Waals surface area contributed by atoms with Crippen LogP contribution in [-0.4, -0.2) is 51.0 Å². The van der Waals surface area contributed by atoms with Gasteiger partial charge in [-0.25, -0.2) is 0 Å². The molecule has 0 aromatic carbocycles. The van der Waals surface area contributed by atoms with Gasteiger partial charge >= 0.3 is 0 Å². The number of rotatable bonds is 3. The minimum absolute atomic E-state index is 0.819. The number of hydrogen-bond donors (Lipinski definition) is 1. The number of methoxy groups -OCH3 is 1. The monoisotopic (exact) mass is 253 g/mol. The average molecular weight is 253 g/mol. The second-order valence-corrected chi connectivity index (χ2v) is 2.77. The van der Waals surface area contributed by atoms with Gasteiger partial charge in [0.1, 0.15) is 0 Å². The lowest BCUT2D eigenvalue weighted by atomic mass is 10.6. The van der Waals surface area contributed by atoms with Gasteiger partial charge in [0, 0.05) is 20.8 Å². The summed E-state index contributed by atoms with van der Waals surface area (Å²) < 4.78 is 4.54. The van der Waals surface area contributed by atoms with E-state index >= 15 is 0 Å². The topological polar surface area (TPSA) is 32.7 Å².